The Morgan fingerprint density at radius 1 is 1.17 bits per heavy atom. The highest BCUT2D eigenvalue weighted by atomic mass is 79.9. The molecular formula is C14H11BrN2S. The fourth-order valence-corrected chi connectivity index (χ4v) is 3.04. The van der Waals surface area contributed by atoms with Gasteiger partial charge in [0.25, 0.3) is 0 Å². The van der Waals surface area contributed by atoms with Crippen molar-refractivity contribution in [2.24, 2.45) is 0 Å². The standard InChI is InChI=1S/C14H11BrN2S/c15-14-6-5-11(8-17-14)16-7-10-9-18-13-4-2-1-3-12(10)13/h1-6,8-9,16H,7H2. The van der Waals surface area contributed by atoms with Gasteiger partial charge in [0.1, 0.15) is 4.60 Å². The van der Waals surface area contributed by atoms with Crippen LogP contribution in [0, 0.1) is 0 Å². The average Bonchev–Trinajstić information content (AvgIpc) is 2.82. The number of halogens is 1. The fraction of sp³-hybridized carbons (Fsp3) is 0.0714. The van der Waals surface area contributed by atoms with Crippen LogP contribution in [0.2, 0.25) is 0 Å². The third kappa shape index (κ3) is 2.40. The summed E-state index contributed by atoms with van der Waals surface area (Å²) >= 11 is 5.12. The first kappa shape index (κ1) is 11.7. The van der Waals surface area contributed by atoms with E-state index in [0.717, 1.165) is 16.8 Å². The Bertz CT molecular complexity index is 661. The molecule has 0 radical (unpaired) electrons. The van der Waals surface area contributed by atoms with Crippen molar-refractivity contribution >= 4 is 43.0 Å². The topological polar surface area (TPSA) is 24.9 Å². The lowest BCUT2D eigenvalue weighted by atomic mass is 10.2. The van der Waals surface area contributed by atoms with Gasteiger partial charge < -0.3 is 5.32 Å². The van der Waals surface area contributed by atoms with Crippen molar-refractivity contribution < 1.29 is 0 Å². The molecule has 0 aliphatic carbocycles. The number of nitrogens with one attached hydrogen (secondary N) is 1. The summed E-state index contributed by atoms with van der Waals surface area (Å²) in [6, 6.07) is 12.4. The van der Waals surface area contributed by atoms with Gasteiger partial charge in [-0.15, -0.1) is 11.3 Å². The highest BCUT2D eigenvalue weighted by molar-refractivity contribution is 9.10. The van der Waals surface area contributed by atoms with Crippen molar-refractivity contribution in [2.45, 2.75) is 6.54 Å². The molecule has 3 rings (SSSR count). The molecule has 0 fully saturated rings. The molecule has 0 aliphatic heterocycles. The van der Waals surface area contributed by atoms with Crippen LogP contribution < -0.4 is 5.32 Å². The van der Waals surface area contributed by atoms with Gasteiger partial charge in [-0.1, -0.05) is 18.2 Å². The van der Waals surface area contributed by atoms with Crippen LogP contribution in [0.15, 0.2) is 52.6 Å². The zero-order valence-electron chi connectivity index (χ0n) is 9.56. The Morgan fingerprint density at radius 2 is 2.06 bits per heavy atom. The largest absolute Gasteiger partial charge is 0.380 e. The molecule has 0 saturated carbocycles. The Morgan fingerprint density at radius 3 is 2.89 bits per heavy atom. The number of hydrogen-bond acceptors (Lipinski definition) is 3. The summed E-state index contributed by atoms with van der Waals surface area (Å²) in [5.74, 6) is 0. The van der Waals surface area contributed by atoms with Gasteiger partial charge >= 0.3 is 0 Å². The first-order valence-electron chi connectivity index (χ1n) is 5.63. The van der Waals surface area contributed by atoms with Gasteiger partial charge in [-0.25, -0.2) is 4.98 Å². The van der Waals surface area contributed by atoms with Gasteiger partial charge in [0.2, 0.25) is 0 Å². The number of aromatic nitrogens is 1. The number of fused-ring (bicyclic) bond motifs is 1. The van der Waals surface area contributed by atoms with Crippen LogP contribution >= 0.6 is 27.3 Å². The van der Waals surface area contributed by atoms with Crippen molar-refractivity contribution in [3.63, 3.8) is 0 Å². The second-order valence-electron chi connectivity index (χ2n) is 3.98. The van der Waals surface area contributed by atoms with Crippen LogP contribution in [0.1, 0.15) is 5.56 Å². The van der Waals surface area contributed by atoms with E-state index in [9.17, 15) is 0 Å². The Labute approximate surface area is 118 Å². The molecule has 0 amide bonds. The first-order chi connectivity index (χ1) is 8.83. The second-order valence-corrected chi connectivity index (χ2v) is 5.70. The third-order valence-electron chi connectivity index (χ3n) is 2.77. The summed E-state index contributed by atoms with van der Waals surface area (Å²) in [6.07, 6.45) is 1.83. The van der Waals surface area contributed by atoms with E-state index < -0.39 is 0 Å². The average molecular weight is 319 g/mol. The molecule has 2 nitrogen and oxygen atoms in total. The Hall–Kier alpha value is -1.39. The predicted octanol–water partition coefficient (Wildman–Crippen LogP) is 4.67. The Balaban J connectivity index is 1.79. The van der Waals surface area contributed by atoms with E-state index in [1.54, 1.807) is 11.3 Å². The minimum atomic E-state index is 0.827. The fourth-order valence-electron chi connectivity index (χ4n) is 1.85. The second kappa shape index (κ2) is 5.08. The maximum Gasteiger partial charge on any atom is 0.106 e. The van der Waals surface area contributed by atoms with E-state index in [4.69, 9.17) is 0 Å². The molecule has 2 heterocycles. The lowest BCUT2D eigenvalue weighted by molar-refractivity contribution is 1.15. The summed E-state index contributed by atoms with van der Waals surface area (Å²) in [5.41, 5.74) is 2.37. The van der Waals surface area contributed by atoms with Gasteiger partial charge in [0, 0.05) is 11.2 Å². The van der Waals surface area contributed by atoms with Crippen molar-refractivity contribution in [3.8, 4) is 0 Å². The smallest absolute Gasteiger partial charge is 0.106 e. The van der Waals surface area contributed by atoms with Crippen molar-refractivity contribution in [3.05, 3.63) is 58.1 Å². The number of rotatable bonds is 3. The Kier molecular flexibility index (Phi) is 3.30. The predicted molar refractivity (Wildman–Crippen MR) is 81.1 cm³/mol. The maximum atomic E-state index is 4.20. The number of hydrogen-bond donors (Lipinski definition) is 1. The summed E-state index contributed by atoms with van der Waals surface area (Å²) in [4.78, 5) is 4.20. The molecule has 2 aromatic heterocycles. The molecule has 0 spiro atoms. The van der Waals surface area contributed by atoms with Crippen molar-refractivity contribution in [2.75, 3.05) is 5.32 Å². The quantitative estimate of drug-likeness (QED) is 0.710. The molecule has 0 bridgehead atoms. The monoisotopic (exact) mass is 318 g/mol. The number of benzene rings is 1. The molecule has 0 aliphatic rings. The van der Waals surface area contributed by atoms with Gasteiger partial charge in [-0.2, -0.15) is 0 Å². The third-order valence-corrected chi connectivity index (χ3v) is 4.25. The van der Waals surface area contributed by atoms with E-state index in [1.165, 1.54) is 15.6 Å². The number of pyridine rings is 1. The summed E-state index contributed by atoms with van der Waals surface area (Å²) < 4.78 is 2.19. The van der Waals surface area contributed by atoms with E-state index >= 15 is 0 Å². The van der Waals surface area contributed by atoms with Gasteiger partial charge in [0.15, 0.2) is 0 Å². The zero-order valence-corrected chi connectivity index (χ0v) is 12.0. The van der Waals surface area contributed by atoms with E-state index in [-0.39, 0.29) is 0 Å². The van der Waals surface area contributed by atoms with Gasteiger partial charge in [0.05, 0.1) is 11.9 Å². The SMILES string of the molecule is Brc1ccc(NCc2csc3ccccc23)cn1. The molecule has 90 valence electrons. The van der Waals surface area contributed by atoms with E-state index in [2.05, 4.69) is 55.9 Å². The number of anilines is 1. The lowest BCUT2D eigenvalue weighted by Crippen LogP contribution is -1.98. The molecule has 0 unspecified atom stereocenters. The van der Waals surface area contributed by atoms with Crippen LogP contribution in [0.5, 0.6) is 0 Å². The normalized spacial score (nSPS) is 10.7. The van der Waals surface area contributed by atoms with Crippen molar-refractivity contribution in [1.29, 1.82) is 0 Å². The molecule has 1 N–H and O–H groups in total. The number of nitrogens with zero attached hydrogens (tertiary/aromatic N) is 1. The van der Waals surface area contributed by atoms with Crippen molar-refractivity contribution in [1.82, 2.24) is 4.98 Å². The molecule has 18 heavy (non-hydrogen) atoms. The minimum Gasteiger partial charge on any atom is -0.380 e. The number of thiophene rings is 1. The van der Waals surface area contributed by atoms with Crippen LogP contribution in [-0.2, 0) is 6.54 Å². The maximum absolute atomic E-state index is 4.20. The van der Waals surface area contributed by atoms with E-state index in [0.29, 0.717) is 0 Å². The highest BCUT2D eigenvalue weighted by Gasteiger charge is 2.02. The van der Waals surface area contributed by atoms with Crippen LogP contribution in [0.3, 0.4) is 0 Å². The first-order valence-corrected chi connectivity index (χ1v) is 7.31. The molecule has 0 saturated heterocycles. The molecular weight excluding hydrogens is 308 g/mol. The molecule has 0 atom stereocenters. The van der Waals surface area contributed by atoms with Gasteiger partial charge in [-0.3, -0.25) is 0 Å². The zero-order chi connectivity index (χ0) is 12.4. The molecule has 1 aromatic carbocycles. The summed E-state index contributed by atoms with van der Waals surface area (Å²) in [5, 5.41) is 6.94. The summed E-state index contributed by atoms with van der Waals surface area (Å²) in [6.45, 7) is 0.827. The van der Waals surface area contributed by atoms with Crippen LogP contribution in [0.4, 0.5) is 5.69 Å². The minimum absolute atomic E-state index is 0.827. The molecule has 4 heteroatoms. The molecule has 3 aromatic rings. The lowest BCUT2D eigenvalue weighted by Gasteiger charge is -2.05. The van der Waals surface area contributed by atoms with E-state index in [1.807, 2.05) is 18.3 Å². The van der Waals surface area contributed by atoms with Crippen LogP contribution in [-0.4, -0.2) is 4.98 Å². The highest BCUT2D eigenvalue weighted by Crippen LogP contribution is 2.26. The van der Waals surface area contributed by atoms with Crippen LogP contribution in [0.25, 0.3) is 10.1 Å². The van der Waals surface area contributed by atoms with Gasteiger partial charge in [-0.05, 0) is 50.5 Å². The summed E-state index contributed by atoms with van der Waals surface area (Å²) in [7, 11) is 0.